The number of amides is 2. The number of carbonyl (C=O) groups excluding carboxylic acids is 5. The van der Waals surface area contributed by atoms with Crippen LogP contribution in [-0.4, -0.2) is 92.3 Å². The highest BCUT2D eigenvalue weighted by molar-refractivity contribution is 5.89. The fourth-order valence-electron chi connectivity index (χ4n) is 5.29. The molecule has 0 radical (unpaired) electrons. The van der Waals surface area contributed by atoms with E-state index in [1.54, 1.807) is 30.4 Å². The van der Waals surface area contributed by atoms with Crippen LogP contribution in [0.4, 0.5) is 0 Å². The number of hydrogen-bond acceptors (Lipinski definition) is 11. The monoisotopic (exact) mass is 660 g/mol. The van der Waals surface area contributed by atoms with Gasteiger partial charge in [-0.25, -0.2) is 4.79 Å². The molecule has 0 spiro atoms. The molecule has 3 N–H and O–H groups in total. The molecule has 0 bridgehead atoms. The number of unbranched alkanes of at least 4 members (excludes halogenated alkanes) is 2. The van der Waals surface area contributed by atoms with Gasteiger partial charge in [0.25, 0.3) is 0 Å². The van der Waals surface area contributed by atoms with Crippen molar-refractivity contribution >= 4 is 29.7 Å². The smallest absolute Gasteiger partial charge is 0.338 e. The summed E-state index contributed by atoms with van der Waals surface area (Å²) in [7, 11) is 1.28. The first-order chi connectivity index (χ1) is 22.7. The molecule has 7 atom stereocenters. The Balaban J connectivity index is 1.99. The van der Waals surface area contributed by atoms with E-state index in [2.05, 4.69) is 10.6 Å². The fraction of sp³-hybridized carbons (Fsp3) is 0.618. The number of aliphatic hydroxyl groups is 1. The van der Waals surface area contributed by atoms with Crippen molar-refractivity contribution in [2.24, 2.45) is 11.8 Å². The maximum Gasteiger partial charge on any atom is 0.338 e. The molecular weight excluding hydrogens is 612 g/mol. The minimum absolute atomic E-state index is 0.101. The summed E-state index contributed by atoms with van der Waals surface area (Å²) < 4.78 is 28.9. The highest BCUT2D eigenvalue weighted by Crippen LogP contribution is 2.32. The van der Waals surface area contributed by atoms with Gasteiger partial charge in [0.1, 0.15) is 6.10 Å². The van der Waals surface area contributed by atoms with E-state index in [9.17, 15) is 29.1 Å². The molecule has 0 aromatic heterocycles. The van der Waals surface area contributed by atoms with Crippen molar-refractivity contribution in [2.75, 3.05) is 26.8 Å². The number of esters is 3. The molecule has 260 valence electrons. The van der Waals surface area contributed by atoms with Gasteiger partial charge in [0, 0.05) is 33.0 Å². The topological polar surface area (TPSA) is 176 Å². The second kappa shape index (κ2) is 19.8. The molecule has 1 saturated heterocycles. The number of hydrogen-bond donors (Lipinski definition) is 3. The molecule has 1 aromatic rings. The van der Waals surface area contributed by atoms with E-state index >= 15 is 0 Å². The first kappa shape index (κ1) is 37.6. The van der Waals surface area contributed by atoms with Crippen LogP contribution in [0.5, 0.6) is 0 Å². The van der Waals surface area contributed by atoms with Crippen LogP contribution in [-0.2, 0) is 42.9 Å². The zero-order chi connectivity index (χ0) is 34.2. The van der Waals surface area contributed by atoms with Crippen LogP contribution in [0.15, 0.2) is 42.5 Å². The number of rotatable bonds is 14. The number of methoxy groups -OCH3 is 1. The van der Waals surface area contributed by atoms with Crippen LogP contribution in [0.1, 0.15) is 75.6 Å². The molecule has 2 aliphatic heterocycles. The maximum absolute atomic E-state index is 13.7. The summed E-state index contributed by atoms with van der Waals surface area (Å²) in [5.74, 6) is -4.90. The average molecular weight is 661 g/mol. The lowest BCUT2D eigenvalue weighted by Gasteiger charge is -2.44. The maximum atomic E-state index is 13.7. The molecule has 13 heteroatoms. The third-order valence-electron chi connectivity index (χ3n) is 8.00. The number of carbonyl (C=O) groups is 5. The molecule has 3 rings (SSSR count). The van der Waals surface area contributed by atoms with Gasteiger partial charge in [-0.1, -0.05) is 57.0 Å². The van der Waals surface area contributed by atoms with E-state index < -0.39 is 67.1 Å². The fourth-order valence-corrected chi connectivity index (χ4v) is 5.29. The summed E-state index contributed by atoms with van der Waals surface area (Å²) in [5.41, 5.74) is 0.187. The van der Waals surface area contributed by atoms with Crippen LogP contribution in [0.25, 0.3) is 0 Å². The summed E-state index contributed by atoms with van der Waals surface area (Å²) in [4.78, 5) is 66.1. The van der Waals surface area contributed by atoms with Gasteiger partial charge < -0.3 is 39.4 Å². The Bertz CT molecular complexity index is 1210. The summed E-state index contributed by atoms with van der Waals surface area (Å²) in [6, 6.07) is 8.05. The Kier molecular flexibility index (Phi) is 15.8. The van der Waals surface area contributed by atoms with Crippen LogP contribution in [0.2, 0.25) is 0 Å². The van der Waals surface area contributed by atoms with Crippen molar-refractivity contribution in [3.63, 3.8) is 0 Å². The lowest BCUT2D eigenvalue weighted by atomic mass is 9.94. The number of aliphatic hydroxyl groups excluding tert-OH is 1. The number of nitrogens with one attached hydrogen (secondary N) is 2. The Morgan fingerprint density at radius 2 is 1.38 bits per heavy atom. The van der Waals surface area contributed by atoms with E-state index in [1.165, 1.54) is 19.2 Å². The zero-order valence-electron chi connectivity index (χ0n) is 27.4. The molecule has 13 nitrogen and oxygen atoms in total. The first-order valence-corrected chi connectivity index (χ1v) is 16.4. The van der Waals surface area contributed by atoms with Crippen LogP contribution in [0, 0.1) is 11.8 Å². The van der Waals surface area contributed by atoms with E-state index in [-0.39, 0.29) is 43.1 Å². The normalized spacial score (nSPS) is 26.4. The molecule has 1 aromatic carbocycles. The van der Waals surface area contributed by atoms with Crippen molar-refractivity contribution in [1.29, 1.82) is 0 Å². The summed E-state index contributed by atoms with van der Waals surface area (Å²) in [5, 5.41) is 15.9. The zero-order valence-corrected chi connectivity index (χ0v) is 27.4. The van der Waals surface area contributed by atoms with Gasteiger partial charge in [-0.05, 0) is 37.8 Å². The molecule has 0 saturated carbocycles. The predicted octanol–water partition coefficient (Wildman–Crippen LogP) is 2.59. The Morgan fingerprint density at radius 1 is 0.851 bits per heavy atom. The average Bonchev–Trinajstić information content (AvgIpc) is 3.06. The Hall–Kier alpha value is -3.81. The van der Waals surface area contributed by atoms with Crippen LogP contribution in [0.3, 0.4) is 0 Å². The molecule has 2 heterocycles. The van der Waals surface area contributed by atoms with Gasteiger partial charge in [0.2, 0.25) is 11.8 Å². The van der Waals surface area contributed by atoms with E-state index in [0.717, 1.165) is 25.7 Å². The van der Waals surface area contributed by atoms with Gasteiger partial charge in [-0.2, -0.15) is 0 Å². The highest BCUT2D eigenvalue weighted by atomic mass is 16.7. The molecule has 2 aliphatic rings. The second-order valence-electron chi connectivity index (χ2n) is 11.7. The minimum Gasteiger partial charge on any atom is -0.454 e. The first-order valence-electron chi connectivity index (χ1n) is 16.4. The third kappa shape index (κ3) is 11.4. The molecule has 2 amide bonds. The molecule has 47 heavy (non-hydrogen) atoms. The lowest BCUT2D eigenvalue weighted by Crippen LogP contribution is -2.63. The Labute approximate surface area is 275 Å². The number of benzene rings is 1. The Morgan fingerprint density at radius 3 is 1.87 bits per heavy atom. The van der Waals surface area contributed by atoms with Crippen molar-refractivity contribution in [2.45, 2.75) is 95.9 Å². The largest absolute Gasteiger partial charge is 0.454 e. The van der Waals surface area contributed by atoms with Crippen molar-refractivity contribution < 1.29 is 52.8 Å². The predicted molar refractivity (Wildman–Crippen MR) is 169 cm³/mol. The summed E-state index contributed by atoms with van der Waals surface area (Å²) >= 11 is 0. The molecule has 0 aliphatic carbocycles. The quantitative estimate of drug-likeness (QED) is 0.116. The molecular formula is C34H48N2O11. The number of fused-ring (bicyclic) bond motifs is 1. The van der Waals surface area contributed by atoms with Crippen LogP contribution < -0.4 is 10.6 Å². The van der Waals surface area contributed by atoms with Crippen LogP contribution >= 0.6 is 0 Å². The van der Waals surface area contributed by atoms with E-state index in [4.69, 9.17) is 23.7 Å². The standard InChI is InChI=1S/C34H48N2O11/c1-4-6-17-35-26(38)19-23-15-11-12-16-24(20-27(39)36-18-7-5-2)33(42)47-30-29(46-32(23)41)28(25(21-37)44-34(30)43-3)45-31(40)22-13-9-8-10-14-22/h8-14,23-25,28-30,34,37H,4-7,15-21H2,1-3H3,(H,35,38)(H,36,39)/t23-,24-,25-,28-,29+,30-,34+/m1/s1. The van der Waals surface area contributed by atoms with Crippen molar-refractivity contribution in [3.05, 3.63) is 48.0 Å². The minimum atomic E-state index is -1.50. The van der Waals surface area contributed by atoms with Gasteiger partial charge in [-0.3, -0.25) is 19.2 Å². The molecule has 1 fully saturated rings. The summed E-state index contributed by atoms with van der Waals surface area (Å²) in [6.07, 6.45) is -0.422. The van der Waals surface area contributed by atoms with Gasteiger partial charge in [0.05, 0.1) is 24.0 Å². The second-order valence-corrected chi connectivity index (χ2v) is 11.7. The number of ether oxygens (including phenoxy) is 5. The number of allylic oxidation sites excluding steroid dienone is 2. The van der Waals surface area contributed by atoms with E-state index in [1.807, 2.05) is 13.8 Å². The van der Waals surface area contributed by atoms with Gasteiger partial charge >= 0.3 is 17.9 Å². The van der Waals surface area contributed by atoms with Crippen molar-refractivity contribution in [3.8, 4) is 0 Å². The van der Waals surface area contributed by atoms with E-state index in [0.29, 0.717) is 13.1 Å². The van der Waals surface area contributed by atoms with Gasteiger partial charge in [-0.15, -0.1) is 0 Å². The molecule has 0 unspecified atom stereocenters. The highest BCUT2D eigenvalue weighted by Gasteiger charge is 2.53. The van der Waals surface area contributed by atoms with Gasteiger partial charge in [0.15, 0.2) is 24.6 Å². The summed E-state index contributed by atoms with van der Waals surface area (Å²) in [6.45, 7) is 4.25. The van der Waals surface area contributed by atoms with Crippen molar-refractivity contribution in [1.82, 2.24) is 10.6 Å². The lowest BCUT2D eigenvalue weighted by molar-refractivity contribution is -0.301. The third-order valence-corrected chi connectivity index (χ3v) is 8.00. The SMILES string of the molecule is CCCCNC(=O)C[C@H]1CC=CC[C@H](CC(=O)NCCCC)C(=O)O[C@H]2[C@@H](OC)O[C@H](CO)[C@@H](OC(=O)c3ccccc3)[C@@H]2OC1=O.